The molecule has 0 radical (unpaired) electrons. The summed E-state index contributed by atoms with van der Waals surface area (Å²) in [6.45, 7) is 3.12. The lowest BCUT2D eigenvalue weighted by molar-refractivity contribution is 0.849. The van der Waals surface area contributed by atoms with Crippen molar-refractivity contribution >= 4 is 29.2 Å². The van der Waals surface area contributed by atoms with Crippen molar-refractivity contribution in [3.8, 4) is 0 Å². The third-order valence-corrected chi connectivity index (χ3v) is 3.14. The van der Waals surface area contributed by atoms with Gasteiger partial charge in [0.25, 0.3) is 0 Å². The van der Waals surface area contributed by atoms with Crippen LogP contribution in [0.4, 0.5) is 5.82 Å². The number of thioether (sulfide) groups is 1. The lowest BCUT2D eigenvalue weighted by atomic mass is 10.3. The number of hydrogen-bond acceptors (Lipinski definition) is 4. The predicted octanol–water partition coefficient (Wildman–Crippen LogP) is 2.68. The molecule has 14 heavy (non-hydrogen) atoms. The van der Waals surface area contributed by atoms with Crippen LogP contribution in [0.5, 0.6) is 0 Å². The predicted molar refractivity (Wildman–Crippen MR) is 63.1 cm³/mol. The second-order valence-electron chi connectivity index (χ2n) is 2.99. The molecular weight excluding hydrogens is 218 g/mol. The Morgan fingerprint density at radius 1 is 1.57 bits per heavy atom. The van der Waals surface area contributed by atoms with Crippen molar-refractivity contribution in [1.82, 2.24) is 9.97 Å². The zero-order chi connectivity index (χ0) is 10.4. The van der Waals surface area contributed by atoms with Gasteiger partial charge in [0.2, 0.25) is 0 Å². The molecule has 0 aliphatic rings. The summed E-state index contributed by atoms with van der Waals surface area (Å²) in [6.07, 6.45) is 4.69. The number of rotatable bonds is 5. The van der Waals surface area contributed by atoms with Crippen molar-refractivity contribution in [2.24, 2.45) is 0 Å². The van der Waals surface area contributed by atoms with Crippen LogP contribution in [0.15, 0.2) is 12.4 Å². The Morgan fingerprint density at radius 2 is 2.36 bits per heavy atom. The van der Waals surface area contributed by atoms with Crippen molar-refractivity contribution < 1.29 is 0 Å². The number of anilines is 1. The first-order chi connectivity index (χ1) is 6.72. The van der Waals surface area contributed by atoms with Gasteiger partial charge in [-0.15, -0.1) is 0 Å². The molecular formula is C9H14ClN3S. The van der Waals surface area contributed by atoms with Crippen LogP contribution < -0.4 is 5.32 Å². The van der Waals surface area contributed by atoms with Gasteiger partial charge < -0.3 is 5.32 Å². The summed E-state index contributed by atoms with van der Waals surface area (Å²) in [6, 6.07) is 1.73. The quantitative estimate of drug-likeness (QED) is 0.791. The Labute approximate surface area is 93.7 Å². The molecule has 3 nitrogen and oxygen atoms in total. The fraction of sp³-hybridized carbons (Fsp3) is 0.556. The third kappa shape index (κ3) is 4.15. The van der Waals surface area contributed by atoms with Gasteiger partial charge in [0.15, 0.2) is 0 Å². The Hall–Kier alpha value is -0.480. The lowest BCUT2D eigenvalue weighted by Crippen LogP contribution is -2.08. The molecule has 0 saturated carbocycles. The summed E-state index contributed by atoms with van der Waals surface area (Å²) >= 11 is 7.58. The highest BCUT2D eigenvalue weighted by molar-refractivity contribution is 7.99. The third-order valence-electron chi connectivity index (χ3n) is 1.89. The largest absolute Gasteiger partial charge is 0.370 e. The standard InChI is InChI=1S/C9H14ClN3S/c1-7(14-2)3-4-11-9-5-8(10)12-6-13-9/h5-7H,3-4H2,1-2H3,(H,11,12,13). The van der Waals surface area contributed by atoms with E-state index in [9.17, 15) is 0 Å². The van der Waals surface area contributed by atoms with E-state index < -0.39 is 0 Å². The molecule has 1 unspecified atom stereocenters. The van der Waals surface area contributed by atoms with Crippen LogP contribution >= 0.6 is 23.4 Å². The monoisotopic (exact) mass is 231 g/mol. The second-order valence-corrected chi connectivity index (χ2v) is 4.65. The molecule has 0 amide bonds. The number of aromatic nitrogens is 2. The zero-order valence-corrected chi connectivity index (χ0v) is 9.90. The molecule has 0 aliphatic carbocycles. The van der Waals surface area contributed by atoms with Crippen LogP contribution in [0.1, 0.15) is 13.3 Å². The van der Waals surface area contributed by atoms with Gasteiger partial charge in [-0.05, 0) is 12.7 Å². The highest BCUT2D eigenvalue weighted by Crippen LogP contribution is 2.11. The van der Waals surface area contributed by atoms with Crippen LogP contribution in [-0.2, 0) is 0 Å². The van der Waals surface area contributed by atoms with E-state index in [1.165, 1.54) is 6.33 Å². The summed E-state index contributed by atoms with van der Waals surface area (Å²) in [5.74, 6) is 0.790. The minimum atomic E-state index is 0.473. The van der Waals surface area contributed by atoms with Crippen molar-refractivity contribution in [3.63, 3.8) is 0 Å². The molecule has 1 atom stereocenters. The summed E-state index contributed by atoms with van der Waals surface area (Å²) in [5.41, 5.74) is 0. The number of halogens is 1. The van der Waals surface area contributed by atoms with Gasteiger partial charge in [-0.3, -0.25) is 0 Å². The highest BCUT2D eigenvalue weighted by Gasteiger charge is 1.99. The van der Waals surface area contributed by atoms with E-state index in [2.05, 4.69) is 28.5 Å². The molecule has 78 valence electrons. The molecule has 0 aliphatic heterocycles. The lowest BCUT2D eigenvalue weighted by Gasteiger charge is -2.09. The van der Waals surface area contributed by atoms with Crippen LogP contribution in [0, 0.1) is 0 Å². The Bertz CT molecular complexity index is 283. The molecule has 0 bridgehead atoms. The van der Waals surface area contributed by atoms with Crippen LogP contribution in [0.2, 0.25) is 5.15 Å². The van der Waals surface area contributed by atoms with Crippen molar-refractivity contribution in [1.29, 1.82) is 0 Å². The molecule has 1 N–H and O–H groups in total. The maximum Gasteiger partial charge on any atom is 0.134 e. The van der Waals surface area contributed by atoms with Crippen LogP contribution in [0.25, 0.3) is 0 Å². The smallest absolute Gasteiger partial charge is 0.134 e. The van der Waals surface area contributed by atoms with Gasteiger partial charge in [-0.2, -0.15) is 11.8 Å². The molecule has 0 spiro atoms. The summed E-state index contributed by atoms with van der Waals surface area (Å²) in [5, 5.41) is 4.34. The number of hydrogen-bond donors (Lipinski definition) is 1. The van der Waals surface area contributed by atoms with E-state index in [1.807, 2.05) is 11.8 Å². The molecule has 0 saturated heterocycles. The zero-order valence-electron chi connectivity index (χ0n) is 8.33. The fourth-order valence-corrected chi connectivity index (χ4v) is 1.45. The van der Waals surface area contributed by atoms with E-state index in [4.69, 9.17) is 11.6 Å². The van der Waals surface area contributed by atoms with Gasteiger partial charge in [-0.25, -0.2) is 9.97 Å². The van der Waals surface area contributed by atoms with E-state index in [1.54, 1.807) is 6.07 Å². The maximum absolute atomic E-state index is 5.72. The molecule has 5 heteroatoms. The minimum Gasteiger partial charge on any atom is -0.370 e. The topological polar surface area (TPSA) is 37.8 Å². The maximum atomic E-state index is 5.72. The Morgan fingerprint density at radius 3 is 3.00 bits per heavy atom. The van der Waals surface area contributed by atoms with Crippen LogP contribution in [-0.4, -0.2) is 28.0 Å². The Balaban J connectivity index is 2.31. The number of nitrogens with zero attached hydrogens (tertiary/aromatic N) is 2. The second kappa shape index (κ2) is 6.09. The molecule has 0 fully saturated rings. The molecule has 1 heterocycles. The van der Waals surface area contributed by atoms with Gasteiger partial charge in [0, 0.05) is 17.9 Å². The van der Waals surface area contributed by atoms with E-state index in [0.717, 1.165) is 18.8 Å². The van der Waals surface area contributed by atoms with Gasteiger partial charge in [-0.1, -0.05) is 18.5 Å². The van der Waals surface area contributed by atoms with Crippen molar-refractivity contribution in [3.05, 3.63) is 17.5 Å². The average molecular weight is 232 g/mol. The average Bonchev–Trinajstić information content (AvgIpc) is 2.17. The van der Waals surface area contributed by atoms with Gasteiger partial charge >= 0.3 is 0 Å². The van der Waals surface area contributed by atoms with Gasteiger partial charge in [0.05, 0.1) is 0 Å². The Kier molecular flexibility index (Phi) is 5.04. The van der Waals surface area contributed by atoms with E-state index >= 15 is 0 Å². The molecule has 1 rings (SSSR count). The summed E-state index contributed by atoms with van der Waals surface area (Å²) in [4.78, 5) is 7.86. The van der Waals surface area contributed by atoms with Gasteiger partial charge in [0.1, 0.15) is 17.3 Å². The summed E-state index contributed by atoms with van der Waals surface area (Å²) in [7, 11) is 0. The molecule has 1 aromatic rings. The van der Waals surface area contributed by atoms with Crippen molar-refractivity contribution in [2.45, 2.75) is 18.6 Å². The summed E-state index contributed by atoms with van der Waals surface area (Å²) < 4.78 is 0. The minimum absolute atomic E-state index is 0.473. The normalized spacial score (nSPS) is 12.5. The molecule has 0 aromatic carbocycles. The van der Waals surface area contributed by atoms with Crippen molar-refractivity contribution in [2.75, 3.05) is 18.1 Å². The van der Waals surface area contributed by atoms with Crippen LogP contribution in [0.3, 0.4) is 0 Å². The highest BCUT2D eigenvalue weighted by atomic mass is 35.5. The first-order valence-corrected chi connectivity index (χ1v) is 6.13. The first kappa shape index (κ1) is 11.6. The fourth-order valence-electron chi connectivity index (χ4n) is 0.952. The first-order valence-electron chi connectivity index (χ1n) is 4.46. The SMILES string of the molecule is CSC(C)CCNc1cc(Cl)ncn1. The molecule has 1 aromatic heterocycles. The number of nitrogens with one attached hydrogen (secondary N) is 1. The van der Waals surface area contributed by atoms with E-state index in [0.29, 0.717) is 10.4 Å². The van der Waals surface area contributed by atoms with E-state index in [-0.39, 0.29) is 0 Å².